The molecule has 1 aromatic carbocycles. The van der Waals surface area contributed by atoms with Crippen LogP contribution in [0.1, 0.15) is 72.6 Å². The van der Waals surface area contributed by atoms with E-state index in [0.717, 1.165) is 11.8 Å². The highest BCUT2D eigenvalue weighted by Gasteiger charge is 2.62. The highest BCUT2D eigenvalue weighted by Crippen LogP contribution is 2.46. The minimum atomic E-state index is -3.91. The fourth-order valence-corrected chi connectivity index (χ4v) is 9.00. The SMILES string of the molecule is COC[C@@H]1C[C@@H](C)CC/C=C\C2C[C@@]2(C(=O)NS(=O)(=O)C2CC2)NC(=O)[C@@H]2C[C@@H](Oc3nccc4cc(OC)ccc34)CN2C(=O)[C@H]1NC(=O)OC(C)(C)C. The maximum atomic E-state index is 14.9. The molecule has 1 aromatic heterocycles. The zero-order valence-corrected chi connectivity index (χ0v) is 33.1. The third-order valence-electron chi connectivity index (χ3n) is 10.7. The second-order valence-corrected chi connectivity index (χ2v) is 18.3. The van der Waals surface area contributed by atoms with Crippen molar-refractivity contribution in [1.29, 1.82) is 0 Å². The first-order valence-corrected chi connectivity index (χ1v) is 20.5. The molecular formula is C39H53N5O10S. The van der Waals surface area contributed by atoms with E-state index in [1.165, 1.54) is 12.0 Å². The number of carbonyl (C=O) groups is 4. The van der Waals surface area contributed by atoms with Crippen molar-refractivity contribution in [2.75, 3.05) is 27.4 Å². The van der Waals surface area contributed by atoms with Gasteiger partial charge in [-0.2, -0.15) is 0 Å². The van der Waals surface area contributed by atoms with Crippen LogP contribution in [0.2, 0.25) is 0 Å². The van der Waals surface area contributed by atoms with Crippen molar-refractivity contribution in [2.24, 2.45) is 17.8 Å². The molecule has 2 aromatic rings. The van der Waals surface area contributed by atoms with Crippen LogP contribution in [0.3, 0.4) is 0 Å². The Morgan fingerprint density at radius 3 is 2.55 bits per heavy atom. The predicted octanol–water partition coefficient (Wildman–Crippen LogP) is 3.61. The molecule has 0 radical (unpaired) electrons. The zero-order valence-electron chi connectivity index (χ0n) is 32.3. The maximum Gasteiger partial charge on any atom is 0.408 e. The van der Waals surface area contributed by atoms with Crippen LogP contribution in [0.4, 0.5) is 4.79 Å². The molecule has 4 aliphatic rings. The van der Waals surface area contributed by atoms with Gasteiger partial charge in [-0.05, 0) is 94.9 Å². The van der Waals surface area contributed by atoms with Crippen LogP contribution in [0.5, 0.6) is 11.6 Å². The average molecular weight is 784 g/mol. The number of hydrogen-bond donors (Lipinski definition) is 3. The second kappa shape index (κ2) is 16.0. The summed E-state index contributed by atoms with van der Waals surface area (Å²) in [6, 6.07) is 4.96. The fraction of sp³-hybridized carbons (Fsp3) is 0.615. The van der Waals surface area contributed by atoms with E-state index < -0.39 is 80.3 Å². The Morgan fingerprint density at radius 1 is 1.09 bits per heavy atom. The lowest BCUT2D eigenvalue weighted by Crippen LogP contribution is -2.59. The van der Waals surface area contributed by atoms with Gasteiger partial charge in [-0.25, -0.2) is 18.2 Å². The minimum Gasteiger partial charge on any atom is -0.497 e. The zero-order chi connectivity index (χ0) is 39.7. The number of aromatic nitrogens is 1. The first-order valence-electron chi connectivity index (χ1n) is 19.0. The van der Waals surface area contributed by atoms with E-state index in [1.807, 2.05) is 30.4 Å². The summed E-state index contributed by atoms with van der Waals surface area (Å²) in [5, 5.41) is 6.57. The lowest BCUT2D eigenvalue weighted by Gasteiger charge is -2.34. The molecule has 3 N–H and O–H groups in total. The number of sulfonamides is 1. The van der Waals surface area contributed by atoms with Gasteiger partial charge in [-0.3, -0.25) is 19.1 Å². The van der Waals surface area contributed by atoms with Gasteiger partial charge in [-0.1, -0.05) is 19.1 Å². The summed E-state index contributed by atoms with van der Waals surface area (Å²) >= 11 is 0. The number of hydrogen-bond acceptors (Lipinski definition) is 11. The number of benzene rings is 1. The molecule has 1 saturated heterocycles. The van der Waals surface area contributed by atoms with Gasteiger partial charge in [0.1, 0.15) is 35.1 Å². The minimum absolute atomic E-state index is 0.0227. The number of rotatable bonds is 9. The van der Waals surface area contributed by atoms with E-state index in [0.29, 0.717) is 42.7 Å². The predicted molar refractivity (Wildman–Crippen MR) is 203 cm³/mol. The molecular weight excluding hydrogens is 731 g/mol. The van der Waals surface area contributed by atoms with Crippen molar-refractivity contribution in [3.05, 3.63) is 42.6 Å². The summed E-state index contributed by atoms with van der Waals surface area (Å²) in [5.41, 5.74) is -2.38. The Morgan fingerprint density at radius 2 is 1.85 bits per heavy atom. The fourth-order valence-electron chi connectivity index (χ4n) is 7.63. The molecule has 2 saturated carbocycles. The summed E-state index contributed by atoms with van der Waals surface area (Å²) in [5.74, 6) is -1.91. The van der Waals surface area contributed by atoms with Crippen LogP contribution >= 0.6 is 0 Å². The number of amides is 4. The largest absolute Gasteiger partial charge is 0.497 e. The van der Waals surface area contributed by atoms with Crippen LogP contribution in [0.25, 0.3) is 10.8 Å². The van der Waals surface area contributed by atoms with Gasteiger partial charge in [-0.15, -0.1) is 0 Å². The molecule has 6 rings (SSSR count). The van der Waals surface area contributed by atoms with Crippen LogP contribution in [0.15, 0.2) is 42.6 Å². The molecule has 0 bridgehead atoms. The monoisotopic (exact) mass is 783 g/mol. The lowest BCUT2D eigenvalue weighted by molar-refractivity contribution is -0.142. The van der Waals surface area contributed by atoms with Crippen molar-refractivity contribution >= 4 is 44.6 Å². The normalized spacial score (nSPS) is 29.5. The molecule has 55 heavy (non-hydrogen) atoms. The van der Waals surface area contributed by atoms with Crippen LogP contribution in [-0.2, 0) is 33.9 Å². The number of methoxy groups -OCH3 is 2. The van der Waals surface area contributed by atoms with Crippen molar-refractivity contribution in [2.45, 2.75) is 107 Å². The first-order chi connectivity index (χ1) is 26.0. The van der Waals surface area contributed by atoms with Gasteiger partial charge >= 0.3 is 6.09 Å². The van der Waals surface area contributed by atoms with E-state index >= 15 is 0 Å². The lowest BCUT2D eigenvalue weighted by atomic mass is 9.87. The van der Waals surface area contributed by atoms with Crippen LogP contribution in [-0.4, -0.2) is 104 Å². The van der Waals surface area contributed by atoms with Gasteiger partial charge in [0, 0.05) is 36.9 Å². The third-order valence-corrected chi connectivity index (χ3v) is 12.5. The second-order valence-electron chi connectivity index (χ2n) is 16.3. The van der Waals surface area contributed by atoms with Gasteiger partial charge < -0.3 is 34.5 Å². The Hall–Kier alpha value is -4.44. The number of nitrogens with one attached hydrogen (secondary N) is 3. The van der Waals surface area contributed by atoms with Gasteiger partial charge in [0.25, 0.3) is 5.91 Å². The Kier molecular flexibility index (Phi) is 11.7. The van der Waals surface area contributed by atoms with E-state index in [4.69, 9.17) is 18.9 Å². The summed E-state index contributed by atoms with van der Waals surface area (Å²) in [4.78, 5) is 62.4. The number of fused-ring (bicyclic) bond motifs is 3. The van der Waals surface area contributed by atoms with Gasteiger partial charge in [0.15, 0.2) is 0 Å². The molecule has 300 valence electrons. The number of nitrogens with zero attached hydrogens (tertiary/aromatic N) is 2. The number of allylic oxidation sites excluding steroid dienone is 1. The first kappa shape index (κ1) is 40.2. The molecule has 15 nitrogen and oxygen atoms in total. The average Bonchev–Trinajstić information content (AvgIpc) is 4.04. The molecule has 3 heterocycles. The van der Waals surface area contributed by atoms with Gasteiger partial charge in [0.2, 0.25) is 27.7 Å². The van der Waals surface area contributed by atoms with E-state index in [-0.39, 0.29) is 31.9 Å². The highest BCUT2D eigenvalue weighted by atomic mass is 32.2. The van der Waals surface area contributed by atoms with Crippen LogP contribution < -0.4 is 24.8 Å². The van der Waals surface area contributed by atoms with E-state index in [2.05, 4.69) is 27.3 Å². The van der Waals surface area contributed by atoms with Crippen molar-refractivity contribution in [3.8, 4) is 11.6 Å². The standard InChI is InChI=1S/C39H53N5O10S/c1-23-9-7-8-10-26-20-39(26,36(47)43-55(49,50)29-12-13-29)42-33(45)31-19-28(53-34-30-14-11-27(52-6)18-24(30)15-16-40-34)21-44(31)35(46)32(25(17-23)22-51-5)41-37(48)54-38(2,3)4/h8,10-11,14-16,18,23,25-26,28-29,31-32H,7,9,12-13,17,19-22H2,1-6H3,(H,41,48)(H,42,45)(H,43,47)/b10-8-/t23-,25-,26?,28+,31-,32-,39+/m0/s1. The molecule has 4 amide bonds. The molecule has 2 aliphatic carbocycles. The van der Waals surface area contributed by atoms with Crippen LogP contribution in [0, 0.1) is 17.8 Å². The van der Waals surface area contributed by atoms with E-state index in [1.54, 1.807) is 40.1 Å². The van der Waals surface area contributed by atoms with Crippen molar-refractivity contribution in [1.82, 2.24) is 25.2 Å². The third kappa shape index (κ3) is 9.34. The summed E-state index contributed by atoms with van der Waals surface area (Å²) in [7, 11) is -0.810. The quantitative estimate of drug-likeness (QED) is 0.315. The molecule has 1 unspecified atom stereocenters. The van der Waals surface area contributed by atoms with Gasteiger partial charge in [0.05, 0.1) is 25.5 Å². The summed E-state index contributed by atoms with van der Waals surface area (Å²) in [6.45, 7) is 7.31. The maximum absolute atomic E-state index is 14.9. The molecule has 2 aliphatic heterocycles. The summed E-state index contributed by atoms with van der Waals surface area (Å²) < 4.78 is 51.0. The topological polar surface area (TPSA) is 192 Å². The smallest absolute Gasteiger partial charge is 0.408 e. The number of alkyl carbamates (subject to hydrolysis) is 1. The Bertz CT molecular complexity index is 1930. The Labute approximate surface area is 322 Å². The molecule has 0 spiro atoms. The highest BCUT2D eigenvalue weighted by molar-refractivity contribution is 7.91. The van der Waals surface area contributed by atoms with E-state index in [9.17, 15) is 27.6 Å². The number of carbonyl (C=O) groups excluding carboxylic acids is 4. The van der Waals surface area contributed by atoms with Crippen molar-refractivity contribution in [3.63, 3.8) is 0 Å². The number of pyridine rings is 1. The van der Waals surface area contributed by atoms with Crippen molar-refractivity contribution < 1.29 is 46.5 Å². The summed E-state index contributed by atoms with van der Waals surface area (Å²) in [6.07, 6.45) is 6.91. The molecule has 7 atom stereocenters. The molecule has 16 heteroatoms. The molecule has 3 fully saturated rings. The Balaban J connectivity index is 1.37. The number of ether oxygens (including phenoxy) is 4.